The average Bonchev–Trinajstić information content (AvgIpc) is 3.38. The fraction of sp³-hybridized carbons (Fsp3) is 0.607. The maximum absolute atomic E-state index is 15.5. The van der Waals surface area contributed by atoms with Gasteiger partial charge >= 0.3 is 0 Å². The fourth-order valence-corrected chi connectivity index (χ4v) is 8.62. The van der Waals surface area contributed by atoms with Gasteiger partial charge in [-0.05, 0) is 63.7 Å². The summed E-state index contributed by atoms with van der Waals surface area (Å²) < 4.78 is 55.7. The van der Waals surface area contributed by atoms with Crippen molar-refractivity contribution in [3.8, 4) is 5.69 Å². The van der Waals surface area contributed by atoms with Crippen LogP contribution in [0.15, 0.2) is 17.0 Å². The molecule has 39 heavy (non-hydrogen) atoms. The molecule has 2 aromatic rings. The van der Waals surface area contributed by atoms with Crippen LogP contribution in [0.5, 0.6) is 0 Å². The molecule has 1 aliphatic carbocycles. The van der Waals surface area contributed by atoms with Gasteiger partial charge in [-0.2, -0.15) is 0 Å². The van der Waals surface area contributed by atoms with E-state index < -0.39 is 27.0 Å². The zero-order valence-electron chi connectivity index (χ0n) is 23.2. The first-order valence-corrected chi connectivity index (χ1v) is 15.2. The number of rotatable bonds is 8. The molecule has 1 amide bonds. The van der Waals surface area contributed by atoms with E-state index in [1.54, 1.807) is 6.07 Å². The van der Waals surface area contributed by atoms with Gasteiger partial charge in [0.25, 0.3) is 5.91 Å². The molecule has 0 saturated heterocycles. The van der Waals surface area contributed by atoms with E-state index in [1.807, 2.05) is 32.5 Å². The molecule has 1 fully saturated rings. The number of anilines is 1. The molecule has 2 aliphatic heterocycles. The fourth-order valence-electron chi connectivity index (χ4n) is 6.27. The number of benzene rings is 1. The molecule has 3 heterocycles. The number of primary amides is 1. The summed E-state index contributed by atoms with van der Waals surface area (Å²) in [4.78, 5) is 14.7. The standard InChI is InChI=1S/C28H39FN4O5S/c1-28(2)13-23-26(39(35,36)16-28)20-14-37-15-24(20)33(23)18-11-21(29)25(27(30)34)22(12-18)31-17-5-7-19(8-6-17)38-10-9-32(3)4/h11-12,17,19,31H,5-10,13-16H2,1-4H3,(H2,30,34)/t17-,19-. The molecular weight excluding hydrogens is 523 g/mol. The second kappa shape index (κ2) is 10.5. The zero-order valence-corrected chi connectivity index (χ0v) is 24.0. The van der Waals surface area contributed by atoms with E-state index in [-0.39, 0.29) is 36.7 Å². The van der Waals surface area contributed by atoms with E-state index in [4.69, 9.17) is 15.2 Å². The van der Waals surface area contributed by atoms with Gasteiger partial charge < -0.3 is 30.0 Å². The Morgan fingerprint density at radius 1 is 1.21 bits per heavy atom. The molecule has 0 unspecified atom stereocenters. The lowest BCUT2D eigenvalue weighted by Crippen LogP contribution is -2.33. The molecular formula is C28H39FN4O5S. The van der Waals surface area contributed by atoms with E-state index in [1.165, 1.54) is 6.07 Å². The first kappa shape index (κ1) is 28.1. The van der Waals surface area contributed by atoms with Gasteiger partial charge in [-0.25, -0.2) is 12.8 Å². The van der Waals surface area contributed by atoms with E-state index in [9.17, 15) is 13.2 Å². The van der Waals surface area contributed by atoms with Crippen molar-refractivity contribution in [2.24, 2.45) is 11.1 Å². The van der Waals surface area contributed by atoms with Crippen LogP contribution in [-0.4, -0.2) is 68.9 Å². The van der Waals surface area contributed by atoms with Crippen molar-refractivity contribution in [2.75, 3.05) is 38.3 Å². The molecule has 1 aromatic heterocycles. The quantitative estimate of drug-likeness (QED) is 0.507. The van der Waals surface area contributed by atoms with Gasteiger partial charge in [-0.1, -0.05) is 13.8 Å². The number of ether oxygens (including phenoxy) is 2. The van der Waals surface area contributed by atoms with E-state index >= 15 is 4.39 Å². The van der Waals surface area contributed by atoms with Crippen molar-refractivity contribution >= 4 is 21.4 Å². The average molecular weight is 563 g/mol. The predicted octanol–water partition coefficient (Wildman–Crippen LogP) is 3.40. The van der Waals surface area contributed by atoms with Crippen molar-refractivity contribution < 1.29 is 27.1 Å². The van der Waals surface area contributed by atoms with E-state index in [0.29, 0.717) is 46.2 Å². The molecule has 3 N–H and O–H groups in total. The number of amides is 1. The monoisotopic (exact) mass is 562 g/mol. The first-order chi connectivity index (χ1) is 18.4. The molecule has 3 aliphatic rings. The van der Waals surface area contributed by atoms with E-state index in [2.05, 4.69) is 10.2 Å². The minimum atomic E-state index is -3.54. The normalized spacial score (nSPS) is 23.4. The Kier molecular flexibility index (Phi) is 7.56. The Morgan fingerprint density at radius 3 is 2.59 bits per heavy atom. The minimum absolute atomic E-state index is 0.0263. The Labute approximate surface area is 229 Å². The number of halogens is 1. The zero-order chi connectivity index (χ0) is 28.1. The van der Waals surface area contributed by atoms with Gasteiger partial charge in [-0.15, -0.1) is 0 Å². The number of fused-ring (bicyclic) bond motifs is 3. The third-order valence-electron chi connectivity index (χ3n) is 7.95. The Balaban J connectivity index is 1.48. The van der Waals surface area contributed by atoms with E-state index in [0.717, 1.165) is 32.2 Å². The van der Waals surface area contributed by atoms with Crippen molar-refractivity contribution in [1.82, 2.24) is 9.47 Å². The summed E-state index contributed by atoms with van der Waals surface area (Å²) in [6.45, 7) is 5.84. The third-order valence-corrected chi connectivity index (χ3v) is 10.2. The Bertz CT molecular complexity index is 1380. The molecule has 0 atom stereocenters. The number of aromatic nitrogens is 1. The highest BCUT2D eigenvalue weighted by molar-refractivity contribution is 7.91. The number of nitrogens with two attached hydrogens (primary N) is 1. The molecule has 0 radical (unpaired) electrons. The Morgan fingerprint density at radius 2 is 1.92 bits per heavy atom. The SMILES string of the molecule is CN(C)CCO[C@H]1CC[C@H](Nc2cc(-n3c4c(c5c3CC(C)(C)CS5(=O)=O)COC4)cc(F)c2C(N)=O)CC1. The number of nitrogens with zero attached hydrogens (tertiary/aromatic N) is 2. The lowest BCUT2D eigenvalue weighted by atomic mass is 9.89. The van der Waals surface area contributed by atoms with Crippen LogP contribution < -0.4 is 11.1 Å². The highest BCUT2D eigenvalue weighted by Crippen LogP contribution is 2.44. The number of hydrogen-bond acceptors (Lipinski definition) is 7. The predicted molar refractivity (Wildman–Crippen MR) is 146 cm³/mol. The molecule has 1 aromatic carbocycles. The van der Waals surface area contributed by atoms with Gasteiger partial charge in [-0.3, -0.25) is 4.79 Å². The number of likely N-dealkylation sites (N-methyl/N-ethyl adjacent to an activating group) is 1. The third kappa shape index (κ3) is 5.59. The minimum Gasteiger partial charge on any atom is -0.382 e. The first-order valence-electron chi connectivity index (χ1n) is 13.6. The van der Waals surface area contributed by atoms with Crippen molar-refractivity contribution in [3.63, 3.8) is 0 Å². The van der Waals surface area contributed by atoms with Crippen LogP contribution in [0.1, 0.15) is 66.8 Å². The van der Waals surface area contributed by atoms with Gasteiger partial charge in [0.15, 0.2) is 9.84 Å². The topological polar surface area (TPSA) is 116 Å². The maximum Gasteiger partial charge on any atom is 0.253 e. The summed E-state index contributed by atoms with van der Waals surface area (Å²) in [6.07, 6.45) is 4.05. The second-order valence-corrected chi connectivity index (χ2v) is 14.1. The summed E-state index contributed by atoms with van der Waals surface area (Å²) in [5.41, 5.74) is 7.74. The van der Waals surface area contributed by atoms with Gasteiger partial charge in [0.1, 0.15) is 5.82 Å². The summed E-state index contributed by atoms with van der Waals surface area (Å²) in [7, 11) is 0.482. The molecule has 214 valence electrons. The molecule has 9 nitrogen and oxygen atoms in total. The highest BCUT2D eigenvalue weighted by atomic mass is 32.2. The molecule has 11 heteroatoms. The van der Waals surface area contributed by atoms with Crippen LogP contribution in [0.4, 0.5) is 10.1 Å². The molecule has 5 rings (SSSR count). The number of hydrogen-bond donors (Lipinski definition) is 2. The van der Waals surface area contributed by atoms with Crippen molar-refractivity contribution in [1.29, 1.82) is 0 Å². The van der Waals surface area contributed by atoms with Crippen molar-refractivity contribution in [2.45, 2.75) is 76.2 Å². The largest absolute Gasteiger partial charge is 0.382 e. The summed E-state index contributed by atoms with van der Waals surface area (Å²) in [5.74, 6) is -1.54. The summed E-state index contributed by atoms with van der Waals surface area (Å²) in [5, 5.41) is 3.38. The number of carbonyl (C=O) groups excluding carboxylic acids is 1. The molecule has 0 bridgehead atoms. The Hall–Kier alpha value is -2.47. The van der Waals surface area contributed by atoms with Crippen LogP contribution in [-0.2, 0) is 38.9 Å². The van der Waals surface area contributed by atoms with Crippen LogP contribution >= 0.6 is 0 Å². The number of nitrogens with one attached hydrogen (secondary N) is 1. The maximum atomic E-state index is 15.5. The smallest absolute Gasteiger partial charge is 0.253 e. The second-order valence-electron chi connectivity index (χ2n) is 12.1. The number of sulfone groups is 1. The molecule has 1 saturated carbocycles. The summed E-state index contributed by atoms with van der Waals surface area (Å²) >= 11 is 0. The highest BCUT2D eigenvalue weighted by Gasteiger charge is 2.43. The van der Waals surface area contributed by atoms with Crippen LogP contribution in [0.25, 0.3) is 5.69 Å². The van der Waals surface area contributed by atoms with Crippen LogP contribution in [0, 0.1) is 11.2 Å². The van der Waals surface area contributed by atoms with Gasteiger partial charge in [0, 0.05) is 23.8 Å². The number of carbonyl (C=O) groups is 1. The van der Waals surface area contributed by atoms with Gasteiger partial charge in [0.2, 0.25) is 0 Å². The lowest BCUT2D eigenvalue weighted by molar-refractivity contribution is 0.0196. The van der Waals surface area contributed by atoms with Crippen molar-refractivity contribution in [3.05, 3.63) is 40.5 Å². The summed E-state index contributed by atoms with van der Waals surface area (Å²) in [6, 6.07) is 3.02. The lowest BCUT2D eigenvalue weighted by Gasteiger charge is -2.32. The molecule has 0 spiro atoms. The van der Waals surface area contributed by atoms with Gasteiger partial charge in [0.05, 0.1) is 59.2 Å². The van der Waals surface area contributed by atoms with Crippen LogP contribution in [0.2, 0.25) is 0 Å². The van der Waals surface area contributed by atoms with Crippen LogP contribution in [0.3, 0.4) is 0 Å².